The van der Waals surface area contributed by atoms with Crippen LogP contribution in [-0.4, -0.2) is 0 Å². The van der Waals surface area contributed by atoms with Crippen molar-refractivity contribution in [2.75, 3.05) is 0 Å². The first-order valence-corrected chi connectivity index (χ1v) is 7.69. The summed E-state index contributed by atoms with van der Waals surface area (Å²) in [6, 6.07) is 6.04. The molecule has 90 valence electrons. The molecule has 17 heavy (non-hydrogen) atoms. The Balaban J connectivity index is 2.48. The molecule has 0 saturated carbocycles. The van der Waals surface area contributed by atoms with Crippen LogP contribution in [0.3, 0.4) is 0 Å². The van der Waals surface area contributed by atoms with E-state index in [0.717, 1.165) is 20.5 Å². The van der Waals surface area contributed by atoms with Gasteiger partial charge in [0, 0.05) is 9.90 Å². The number of hydrogen-bond acceptors (Lipinski definition) is 1. The Labute approximate surface area is 124 Å². The summed E-state index contributed by atoms with van der Waals surface area (Å²) in [6.07, 6.45) is 0. The largest absolute Gasteiger partial charge is 0.146 e. The molecule has 0 aliphatic heterocycles. The van der Waals surface area contributed by atoms with Gasteiger partial charge in [0.2, 0.25) is 0 Å². The van der Waals surface area contributed by atoms with Crippen molar-refractivity contribution in [3.63, 3.8) is 0 Å². The monoisotopic (exact) mass is 348 g/mol. The minimum Gasteiger partial charge on any atom is -0.146 e. The van der Waals surface area contributed by atoms with Crippen LogP contribution in [0.15, 0.2) is 23.6 Å². The lowest BCUT2D eigenvalue weighted by Crippen LogP contribution is -1.95. The fraction of sp³-hybridized carbons (Fsp3) is 0.231. The van der Waals surface area contributed by atoms with Gasteiger partial charge in [0.1, 0.15) is 0 Å². The molecule has 1 unspecified atom stereocenters. The molecule has 0 radical (unpaired) electrons. The molecule has 0 N–H and O–H groups in total. The van der Waals surface area contributed by atoms with E-state index in [4.69, 9.17) is 23.2 Å². The highest BCUT2D eigenvalue weighted by Gasteiger charge is 2.18. The zero-order chi connectivity index (χ0) is 12.6. The molecular formula is C13H11BrCl2S. The number of hydrogen-bond donors (Lipinski definition) is 0. The molecule has 2 rings (SSSR count). The molecule has 0 spiro atoms. The Bertz CT molecular complexity index is 548. The van der Waals surface area contributed by atoms with E-state index in [1.54, 1.807) is 11.3 Å². The molecule has 1 atom stereocenters. The third-order valence-corrected chi connectivity index (χ3v) is 5.78. The van der Waals surface area contributed by atoms with Gasteiger partial charge in [-0.2, -0.15) is 0 Å². The number of aryl methyl sites for hydroxylation is 2. The topological polar surface area (TPSA) is 0 Å². The molecule has 0 fully saturated rings. The van der Waals surface area contributed by atoms with Gasteiger partial charge >= 0.3 is 0 Å². The standard InChI is InChI=1S/C13H11BrCl2S/c1-7-6-11(16)8(2)5-9(7)12(14)13-10(15)3-4-17-13/h3-6,12H,1-2H3. The van der Waals surface area contributed by atoms with Crippen molar-refractivity contribution in [3.8, 4) is 0 Å². The SMILES string of the molecule is Cc1cc(C(Br)c2sccc2Cl)c(C)cc1Cl. The zero-order valence-corrected chi connectivity index (χ0v) is 13.3. The van der Waals surface area contributed by atoms with E-state index in [-0.39, 0.29) is 4.83 Å². The van der Waals surface area contributed by atoms with Gasteiger partial charge in [-0.1, -0.05) is 45.2 Å². The number of thiophene rings is 1. The van der Waals surface area contributed by atoms with E-state index in [0.29, 0.717) is 0 Å². The van der Waals surface area contributed by atoms with Crippen LogP contribution in [-0.2, 0) is 0 Å². The van der Waals surface area contributed by atoms with Crippen molar-refractivity contribution in [1.29, 1.82) is 0 Å². The van der Waals surface area contributed by atoms with E-state index < -0.39 is 0 Å². The van der Waals surface area contributed by atoms with E-state index in [9.17, 15) is 0 Å². The molecule has 0 nitrogen and oxygen atoms in total. The highest BCUT2D eigenvalue weighted by atomic mass is 79.9. The van der Waals surface area contributed by atoms with Gasteiger partial charge in [-0.3, -0.25) is 0 Å². The van der Waals surface area contributed by atoms with Gasteiger partial charge in [-0.25, -0.2) is 0 Å². The smallest absolute Gasteiger partial charge is 0.0755 e. The normalized spacial score (nSPS) is 12.8. The van der Waals surface area contributed by atoms with E-state index >= 15 is 0 Å². The summed E-state index contributed by atoms with van der Waals surface area (Å²) in [5.41, 5.74) is 3.48. The average molecular weight is 350 g/mol. The lowest BCUT2D eigenvalue weighted by atomic mass is 10.0. The van der Waals surface area contributed by atoms with Gasteiger partial charge in [0.15, 0.2) is 0 Å². The Kier molecular flexibility index (Phi) is 4.19. The predicted octanol–water partition coefficient (Wildman–Crippen LogP) is 6.16. The highest BCUT2D eigenvalue weighted by molar-refractivity contribution is 9.09. The van der Waals surface area contributed by atoms with E-state index in [1.807, 2.05) is 24.4 Å². The summed E-state index contributed by atoms with van der Waals surface area (Å²) in [7, 11) is 0. The van der Waals surface area contributed by atoms with Crippen molar-refractivity contribution >= 4 is 50.5 Å². The molecule has 0 bridgehead atoms. The van der Waals surface area contributed by atoms with Crippen LogP contribution in [0.2, 0.25) is 10.0 Å². The predicted molar refractivity (Wildman–Crippen MR) is 81.0 cm³/mol. The number of halogens is 3. The quantitative estimate of drug-likeness (QED) is 0.570. The third-order valence-electron chi connectivity index (χ3n) is 2.70. The van der Waals surface area contributed by atoms with Crippen LogP contribution >= 0.6 is 50.5 Å². The fourth-order valence-electron chi connectivity index (χ4n) is 1.70. The second-order valence-electron chi connectivity index (χ2n) is 3.95. The fourth-order valence-corrected chi connectivity index (χ4v) is 4.28. The van der Waals surface area contributed by atoms with Crippen LogP contribution in [0.25, 0.3) is 0 Å². The van der Waals surface area contributed by atoms with E-state index in [2.05, 4.69) is 28.9 Å². The first-order valence-electron chi connectivity index (χ1n) is 5.14. The van der Waals surface area contributed by atoms with Gasteiger partial charge in [-0.15, -0.1) is 11.3 Å². The second kappa shape index (κ2) is 5.31. The molecular weight excluding hydrogens is 339 g/mol. The Morgan fingerprint density at radius 1 is 1.12 bits per heavy atom. The van der Waals surface area contributed by atoms with Gasteiger partial charge in [0.05, 0.1) is 9.85 Å². The zero-order valence-electron chi connectivity index (χ0n) is 9.43. The summed E-state index contributed by atoms with van der Waals surface area (Å²) < 4.78 is 0. The maximum atomic E-state index is 6.16. The van der Waals surface area contributed by atoms with E-state index in [1.165, 1.54) is 11.1 Å². The summed E-state index contributed by atoms with van der Waals surface area (Å²) in [5, 5.41) is 3.62. The van der Waals surface area contributed by atoms with Gasteiger partial charge in [-0.05, 0) is 48.1 Å². The lowest BCUT2D eigenvalue weighted by molar-refractivity contribution is 1.16. The minimum absolute atomic E-state index is 0.131. The van der Waals surface area contributed by atoms with Crippen LogP contribution in [0.1, 0.15) is 26.4 Å². The molecule has 4 heteroatoms. The maximum absolute atomic E-state index is 6.16. The Morgan fingerprint density at radius 2 is 1.82 bits per heavy atom. The Hall–Kier alpha value is -0.0200. The van der Waals surface area contributed by atoms with Crippen molar-refractivity contribution in [1.82, 2.24) is 0 Å². The summed E-state index contributed by atoms with van der Waals surface area (Å²) in [6.45, 7) is 4.08. The molecule has 0 amide bonds. The van der Waals surface area contributed by atoms with Crippen molar-refractivity contribution in [3.05, 3.63) is 55.2 Å². The average Bonchev–Trinajstić information content (AvgIpc) is 2.69. The van der Waals surface area contributed by atoms with Crippen LogP contribution in [0, 0.1) is 13.8 Å². The Morgan fingerprint density at radius 3 is 2.41 bits per heavy atom. The first kappa shape index (κ1) is 13.4. The van der Waals surface area contributed by atoms with Crippen LogP contribution < -0.4 is 0 Å². The third kappa shape index (κ3) is 2.70. The van der Waals surface area contributed by atoms with Crippen LogP contribution in [0.4, 0.5) is 0 Å². The van der Waals surface area contributed by atoms with Crippen LogP contribution in [0.5, 0.6) is 0 Å². The minimum atomic E-state index is 0.131. The van der Waals surface area contributed by atoms with Crippen molar-refractivity contribution in [2.45, 2.75) is 18.7 Å². The lowest BCUT2D eigenvalue weighted by Gasteiger charge is -2.14. The molecule has 0 aliphatic carbocycles. The number of alkyl halides is 1. The molecule has 1 aromatic carbocycles. The van der Waals surface area contributed by atoms with Crippen molar-refractivity contribution in [2.24, 2.45) is 0 Å². The summed E-state index contributed by atoms with van der Waals surface area (Å²) in [5.74, 6) is 0. The maximum Gasteiger partial charge on any atom is 0.0755 e. The number of benzene rings is 1. The molecule has 0 saturated heterocycles. The second-order valence-corrected chi connectivity index (χ2v) is 6.63. The van der Waals surface area contributed by atoms with Gasteiger partial charge in [0.25, 0.3) is 0 Å². The van der Waals surface area contributed by atoms with Crippen molar-refractivity contribution < 1.29 is 0 Å². The first-order chi connectivity index (χ1) is 8.00. The molecule has 0 aliphatic rings. The molecule has 1 aromatic heterocycles. The van der Waals surface area contributed by atoms with Gasteiger partial charge < -0.3 is 0 Å². The summed E-state index contributed by atoms with van der Waals surface area (Å²) in [4.78, 5) is 1.27. The molecule has 2 aromatic rings. The summed E-state index contributed by atoms with van der Waals surface area (Å²) >= 11 is 17.6. The number of rotatable bonds is 2. The highest BCUT2D eigenvalue weighted by Crippen LogP contribution is 2.40. The molecule has 1 heterocycles.